The molecule has 1 aromatic heterocycles. The average Bonchev–Trinajstić information content (AvgIpc) is 3.39. The molecule has 2 aliphatic rings. The zero-order valence-electron chi connectivity index (χ0n) is 15.4. The molecule has 0 unspecified atom stereocenters. The Morgan fingerprint density at radius 2 is 1.87 bits per heavy atom. The van der Waals surface area contributed by atoms with E-state index in [9.17, 15) is 26.4 Å². The molecule has 2 fully saturated rings. The largest absolute Gasteiger partial charge is 0.516 e. The van der Waals surface area contributed by atoms with Crippen LogP contribution in [0.2, 0.25) is 0 Å². The lowest BCUT2D eigenvalue weighted by Crippen LogP contribution is -2.42. The number of benzene rings is 1. The van der Waals surface area contributed by atoms with Crippen LogP contribution in [0.3, 0.4) is 0 Å². The molecule has 2 saturated heterocycles. The number of carbonyl (C=O) groups excluding carboxylic acids is 1. The Morgan fingerprint density at radius 1 is 1.13 bits per heavy atom. The van der Waals surface area contributed by atoms with Crippen LogP contribution in [0.5, 0.6) is 0 Å². The van der Waals surface area contributed by atoms with E-state index in [0.717, 1.165) is 23.5 Å². The van der Waals surface area contributed by atoms with Crippen LogP contribution in [0.15, 0.2) is 45.5 Å². The summed E-state index contributed by atoms with van der Waals surface area (Å²) in [5, 5.41) is 6.57. The zero-order valence-corrected chi connectivity index (χ0v) is 17.9. The van der Waals surface area contributed by atoms with E-state index in [0.29, 0.717) is 21.9 Å². The molecule has 162 valence electrons. The third-order valence-electron chi connectivity index (χ3n) is 5.05. The van der Waals surface area contributed by atoms with Gasteiger partial charge in [0.05, 0.1) is 9.09 Å². The fourth-order valence-electron chi connectivity index (χ4n) is 3.64. The smallest absolute Gasteiger partial charge is 0.347 e. The fourth-order valence-corrected chi connectivity index (χ4v) is 6.21. The number of hydrogen-bond donors (Lipinski definition) is 3. The van der Waals surface area contributed by atoms with Crippen molar-refractivity contribution in [2.45, 2.75) is 52.0 Å². The minimum atomic E-state index is -5.45. The highest BCUT2D eigenvalue weighted by Crippen LogP contribution is 2.35. The summed E-state index contributed by atoms with van der Waals surface area (Å²) in [5.41, 5.74) is -5.55. The topological polar surface area (TPSA) is 87.3 Å². The van der Waals surface area contributed by atoms with Gasteiger partial charge in [0.15, 0.2) is 0 Å². The van der Waals surface area contributed by atoms with Crippen molar-refractivity contribution in [2.24, 2.45) is 0 Å². The van der Waals surface area contributed by atoms with Gasteiger partial charge in [-0.15, -0.1) is 11.3 Å². The summed E-state index contributed by atoms with van der Waals surface area (Å²) in [6, 6.07) is 10.1. The molecule has 12 heteroatoms. The van der Waals surface area contributed by atoms with Crippen LogP contribution in [0.1, 0.15) is 28.9 Å². The number of nitrogens with one attached hydrogen (secondary N) is 3. The quantitative estimate of drug-likeness (QED) is 0.590. The van der Waals surface area contributed by atoms with Gasteiger partial charge in [-0.2, -0.15) is 21.6 Å². The number of halogens is 3. The first-order valence-electron chi connectivity index (χ1n) is 9.14. The molecular weight excluding hydrogens is 459 g/mol. The number of rotatable bonds is 6. The number of alkyl halides is 3. The lowest BCUT2D eigenvalue weighted by atomic mass is 9.95. The predicted octanol–water partition coefficient (Wildman–Crippen LogP) is 3.78. The summed E-state index contributed by atoms with van der Waals surface area (Å²) >= 11 is 2.67. The minimum absolute atomic E-state index is 0.108. The van der Waals surface area contributed by atoms with Gasteiger partial charge < -0.3 is 10.6 Å². The highest BCUT2D eigenvalue weighted by atomic mass is 32.2. The number of amides is 1. The van der Waals surface area contributed by atoms with Crippen molar-refractivity contribution in [1.82, 2.24) is 10.6 Å². The van der Waals surface area contributed by atoms with Crippen LogP contribution in [0.25, 0.3) is 0 Å². The van der Waals surface area contributed by atoms with Crippen LogP contribution >= 0.6 is 23.1 Å². The number of fused-ring (bicyclic) bond motifs is 2. The number of sulfonamides is 1. The minimum Gasteiger partial charge on any atom is -0.347 e. The molecule has 3 heterocycles. The standard InChI is InChI=1S/C18H18F3N3O3S3/c19-18(20,21)30(26,27)24-10-1-4-12(5-2-10)28-16-8-7-15(29-16)17(25)23-14-9-11-3-6-13(14)22-11/h1-2,4-5,7-8,11,13-14,22,24H,3,6,9H2,(H,23,25)/t11-,13+,14-/m1/s1. The van der Waals surface area contributed by atoms with Gasteiger partial charge in [-0.05, 0) is 55.7 Å². The Labute approximate surface area is 179 Å². The van der Waals surface area contributed by atoms with Crippen molar-refractivity contribution < 1.29 is 26.4 Å². The normalized spacial score (nSPS) is 23.5. The maximum Gasteiger partial charge on any atom is 0.516 e. The number of hydrogen-bond acceptors (Lipinski definition) is 6. The van der Waals surface area contributed by atoms with E-state index in [1.807, 2.05) is 6.07 Å². The lowest BCUT2D eigenvalue weighted by Gasteiger charge is -2.20. The van der Waals surface area contributed by atoms with Gasteiger partial charge in [0, 0.05) is 28.7 Å². The van der Waals surface area contributed by atoms with E-state index < -0.39 is 15.5 Å². The molecule has 4 rings (SSSR count). The second-order valence-electron chi connectivity index (χ2n) is 7.16. The Bertz CT molecular complexity index is 1040. The summed E-state index contributed by atoms with van der Waals surface area (Å²) < 4.78 is 61.9. The van der Waals surface area contributed by atoms with E-state index in [1.165, 1.54) is 52.1 Å². The fraction of sp³-hybridized carbons (Fsp3) is 0.389. The van der Waals surface area contributed by atoms with Crippen molar-refractivity contribution >= 4 is 44.7 Å². The van der Waals surface area contributed by atoms with E-state index in [2.05, 4.69) is 10.6 Å². The molecular formula is C18H18F3N3O3S3. The summed E-state index contributed by atoms with van der Waals surface area (Å²) in [6.07, 6.45) is 3.19. The van der Waals surface area contributed by atoms with Crippen molar-refractivity contribution in [3.05, 3.63) is 41.3 Å². The second kappa shape index (κ2) is 8.06. The molecule has 0 saturated carbocycles. The average molecular weight is 478 g/mol. The first-order valence-corrected chi connectivity index (χ1v) is 12.3. The highest BCUT2D eigenvalue weighted by Gasteiger charge is 2.46. The van der Waals surface area contributed by atoms with E-state index in [1.54, 1.807) is 6.07 Å². The Balaban J connectivity index is 1.35. The Hall–Kier alpha value is -1.76. The molecule has 0 spiro atoms. The molecule has 3 N–H and O–H groups in total. The third-order valence-corrected chi connectivity index (χ3v) is 8.39. The van der Waals surface area contributed by atoms with Crippen LogP contribution in [-0.2, 0) is 10.0 Å². The summed E-state index contributed by atoms with van der Waals surface area (Å²) in [6.45, 7) is 0. The molecule has 30 heavy (non-hydrogen) atoms. The number of anilines is 1. The van der Waals surface area contributed by atoms with E-state index in [-0.39, 0.29) is 17.6 Å². The number of thiophene rings is 1. The molecule has 2 bridgehead atoms. The van der Waals surface area contributed by atoms with Crippen LogP contribution in [0, 0.1) is 0 Å². The first kappa shape index (κ1) is 21.5. The molecule has 3 atom stereocenters. The molecule has 2 aromatic rings. The van der Waals surface area contributed by atoms with Gasteiger partial charge in [0.2, 0.25) is 0 Å². The van der Waals surface area contributed by atoms with E-state index in [4.69, 9.17) is 0 Å². The van der Waals surface area contributed by atoms with Gasteiger partial charge in [-0.1, -0.05) is 11.8 Å². The SMILES string of the molecule is O=C(N[C@@H]1C[C@H]2CC[C@@H]1N2)c1ccc(Sc2ccc(NS(=O)(=O)C(F)(F)F)cc2)s1. The lowest BCUT2D eigenvalue weighted by molar-refractivity contribution is -0.0429. The van der Waals surface area contributed by atoms with Crippen LogP contribution < -0.4 is 15.4 Å². The van der Waals surface area contributed by atoms with Gasteiger partial charge in [0.25, 0.3) is 5.91 Å². The van der Waals surface area contributed by atoms with Crippen molar-refractivity contribution in [1.29, 1.82) is 0 Å². The van der Waals surface area contributed by atoms with E-state index >= 15 is 0 Å². The Morgan fingerprint density at radius 3 is 2.47 bits per heavy atom. The van der Waals surface area contributed by atoms with Gasteiger partial charge in [-0.25, -0.2) is 0 Å². The zero-order chi connectivity index (χ0) is 21.5. The predicted molar refractivity (Wildman–Crippen MR) is 109 cm³/mol. The van der Waals surface area contributed by atoms with Crippen molar-refractivity contribution in [3.8, 4) is 0 Å². The van der Waals surface area contributed by atoms with Gasteiger partial charge >= 0.3 is 15.5 Å². The molecule has 1 aromatic carbocycles. The van der Waals surface area contributed by atoms with Crippen LogP contribution in [-0.4, -0.2) is 38.0 Å². The summed E-state index contributed by atoms with van der Waals surface area (Å²) in [4.78, 5) is 13.8. The molecule has 2 aliphatic heterocycles. The van der Waals surface area contributed by atoms with Crippen LogP contribution in [0.4, 0.5) is 18.9 Å². The highest BCUT2D eigenvalue weighted by molar-refractivity contribution is 8.01. The van der Waals surface area contributed by atoms with Crippen molar-refractivity contribution in [2.75, 3.05) is 4.72 Å². The first-order chi connectivity index (χ1) is 14.1. The monoisotopic (exact) mass is 477 g/mol. The van der Waals surface area contributed by atoms with Gasteiger partial charge in [-0.3, -0.25) is 9.52 Å². The molecule has 1 amide bonds. The van der Waals surface area contributed by atoms with Crippen molar-refractivity contribution in [3.63, 3.8) is 0 Å². The maximum atomic E-state index is 12.5. The third kappa shape index (κ3) is 4.61. The molecule has 0 aliphatic carbocycles. The van der Waals surface area contributed by atoms with Gasteiger partial charge in [0.1, 0.15) is 0 Å². The molecule has 6 nitrogen and oxygen atoms in total. The number of carbonyl (C=O) groups is 1. The Kier molecular flexibility index (Phi) is 5.77. The second-order valence-corrected chi connectivity index (χ2v) is 11.3. The maximum absolute atomic E-state index is 12.5. The molecule has 0 radical (unpaired) electrons. The summed E-state index contributed by atoms with van der Waals surface area (Å²) in [7, 11) is -5.45. The summed E-state index contributed by atoms with van der Waals surface area (Å²) in [5.74, 6) is -0.108.